The molecule has 0 aromatic heterocycles. The summed E-state index contributed by atoms with van der Waals surface area (Å²) in [5.74, 6) is 0.705. The summed E-state index contributed by atoms with van der Waals surface area (Å²) < 4.78 is 0. The van der Waals surface area contributed by atoms with Crippen molar-refractivity contribution in [1.82, 2.24) is 0 Å². The average molecular weight is 267 g/mol. The van der Waals surface area contributed by atoms with Crippen LogP contribution in [0.3, 0.4) is 0 Å². The lowest BCUT2D eigenvalue weighted by molar-refractivity contribution is -0.270. The largest absolute Gasteiger partial charge is 0.369 e. The standard InChI is InChI=1S/C18H21NO/c1-15-7-13-8-16(14(19)20)10-17(9-15,18(13,15)11-16)12-5-3-2-4-6-12/h2-6,13H,7-11H2,1H3,(H2,19,20). The Balaban J connectivity index is 1.72. The summed E-state index contributed by atoms with van der Waals surface area (Å²) in [7, 11) is 0. The van der Waals surface area contributed by atoms with E-state index < -0.39 is 0 Å². The lowest BCUT2D eigenvalue weighted by Gasteiger charge is -2.79. The normalized spacial score (nSPS) is 54.0. The summed E-state index contributed by atoms with van der Waals surface area (Å²) in [5, 5.41) is 0. The van der Waals surface area contributed by atoms with Crippen LogP contribution in [0.25, 0.3) is 0 Å². The topological polar surface area (TPSA) is 43.1 Å². The number of carbonyl (C=O) groups excluding carboxylic acids is 1. The summed E-state index contributed by atoms with van der Waals surface area (Å²) in [5.41, 5.74) is 8.21. The molecule has 4 fully saturated rings. The number of rotatable bonds is 2. The van der Waals surface area contributed by atoms with E-state index in [0.717, 1.165) is 25.2 Å². The number of nitrogens with two attached hydrogens (primary N) is 1. The Kier molecular flexibility index (Phi) is 1.61. The molecule has 4 aliphatic carbocycles. The number of benzene rings is 1. The number of hydrogen-bond donors (Lipinski definition) is 1. The number of fused-ring (bicyclic) bond motifs is 1. The maximum Gasteiger partial charge on any atom is 0.223 e. The highest BCUT2D eigenvalue weighted by Gasteiger charge is 2.89. The van der Waals surface area contributed by atoms with E-state index in [2.05, 4.69) is 37.3 Å². The molecule has 4 aliphatic rings. The summed E-state index contributed by atoms with van der Waals surface area (Å²) in [6.07, 6.45) is 5.70. The number of primary amides is 1. The van der Waals surface area contributed by atoms with E-state index in [9.17, 15) is 4.79 Å². The highest BCUT2D eigenvalue weighted by molar-refractivity contribution is 5.83. The Bertz CT molecular complexity index is 640. The van der Waals surface area contributed by atoms with Gasteiger partial charge in [0.25, 0.3) is 0 Å². The van der Waals surface area contributed by atoms with Gasteiger partial charge in [0.1, 0.15) is 0 Å². The summed E-state index contributed by atoms with van der Waals surface area (Å²) in [4.78, 5) is 12.2. The van der Waals surface area contributed by atoms with E-state index >= 15 is 0 Å². The monoisotopic (exact) mass is 267 g/mol. The van der Waals surface area contributed by atoms with E-state index in [4.69, 9.17) is 5.73 Å². The second kappa shape index (κ2) is 2.84. The molecule has 5 unspecified atom stereocenters. The third-order valence-electron chi connectivity index (χ3n) is 7.76. The Morgan fingerprint density at radius 2 is 1.90 bits per heavy atom. The molecule has 1 aromatic carbocycles. The van der Waals surface area contributed by atoms with Crippen molar-refractivity contribution >= 4 is 5.91 Å². The average Bonchev–Trinajstić information content (AvgIpc) is 2.88. The number of amides is 1. The van der Waals surface area contributed by atoms with Crippen LogP contribution in [0.4, 0.5) is 0 Å². The predicted molar refractivity (Wildman–Crippen MR) is 76.9 cm³/mol. The molecule has 5 atom stereocenters. The first-order valence-electron chi connectivity index (χ1n) is 7.84. The lowest BCUT2D eigenvalue weighted by Crippen LogP contribution is -2.74. The molecule has 4 saturated carbocycles. The minimum Gasteiger partial charge on any atom is -0.369 e. The van der Waals surface area contributed by atoms with E-state index in [1.807, 2.05) is 0 Å². The van der Waals surface area contributed by atoms with Crippen LogP contribution >= 0.6 is 0 Å². The molecule has 0 radical (unpaired) electrons. The van der Waals surface area contributed by atoms with Crippen LogP contribution in [0.15, 0.2) is 30.3 Å². The molecule has 1 spiro atoms. The summed E-state index contributed by atoms with van der Waals surface area (Å²) in [6.45, 7) is 2.45. The van der Waals surface area contributed by atoms with Gasteiger partial charge in [0, 0.05) is 5.41 Å². The van der Waals surface area contributed by atoms with Crippen LogP contribution in [0.2, 0.25) is 0 Å². The Morgan fingerprint density at radius 3 is 2.55 bits per heavy atom. The van der Waals surface area contributed by atoms with Crippen molar-refractivity contribution in [2.24, 2.45) is 27.9 Å². The number of carbonyl (C=O) groups is 1. The van der Waals surface area contributed by atoms with Crippen LogP contribution in [0.5, 0.6) is 0 Å². The van der Waals surface area contributed by atoms with E-state index in [1.54, 1.807) is 0 Å². The van der Waals surface area contributed by atoms with Crippen molar-refractivity contribution in [1.29, 1.82) is 0 Å². The van der Waals surface area contributed by atoms with Crippen molar-refractivity contribution < 1.29 is 4.79 Å². The summed E-state index contributed by atoms with van der Waals surface area (Å²) >= 11 is 0. The van der Waals surface area contributed by atoms with Crippen LogP contribution in [-0.2, 0) is 10.2 Å². The highest BCUT2D eigenvalue weighted by atomic mass is 16.1. The first-order valence-corrected chi connectivity index (χ1v) is 7.84. The fourth-order valence-corrected chi connectivity index (χ4v) is 7.45. The SMILES string of the molecule is CC12CC3CC4(C(N)=O)CC(c5ccccc5)(C1)C32C4. The molecule has 0 aliphatic heterocycles. The van der Waals surface area contributed by atoms with Crippen molar-refractivity contribution in [3.8, 4) is 0 Å². The molecule has 1 aromatic rings. The van der Waals surface area contributed by atoms with Gasteiger partial charge in [-0.15, -0.1) is 0 Å². The Morgan fingerprint density at radius 1 is 1.15 bits per heavy atom. The van der Waals surface area contributed by atoms with Crippen LogP contribution in [-0.4, -0.2) is 5.91 Å². The molecule has 104 valence electrons. The minimum absolute atomic E-state index is 0.0340. The van der Waals surface area contributed by atoms with Gasteiger partial charge in [-0.2, -0.15) is 0 Å². The zero-order chi connectivity index (χ0) is 13.8. The Hall–Kier alpha value is -1.31. The molecule has 2 heteroatoms. The highest BCUT2D eigenvalue weighted by Crippen LogP contribution is 2.93. The van der Waals surface area contributed by atoms with Crippen molar-refractivity contribution in [2.45, 2.75) is 44.4 Å². The summed E-state index contributed by atoms with van der Waals surface area (Å²) in [6, 6.07) is 10.9. The quantitative estimate of drug-likeness (QED) is 0.879. The van der Waals surface area contributed by atoms with Gasteiger partial charge in [-0.3, -0.25) is 4.79 Å². The van der Waals surface area contributed by atoms with Crippen LogP contribution in [0.1, 0.15) is 44.6 Å². The van der Waals surface area contributed by atoms with Gasteiger partial charge in [0.05, 0.1) is 5.41 Å². The first-order chi connectivity index (χ1) is 9.48. The molecule has 20 heavy (non-hydrogen) atoms. The third kappa shape index (κ3) is 0.822. The molecule has 2 bridgehead atoms. The zero-order valence-electron chi connectivity index (χ0n) is 12.0. The van der Waals surface area contributed by atoms with Gasteiger partial charge in [0.15, 0.2) is 0 Å². The second-order valence-corrected chi connectivity index (χ2v) is 8.26. The third-order valence-corrected chi connectivity index (χ3v) is 7.76. The van der Waals surface area contributed by atoms with Gasteiger partial charge in [0.2, 0.25) is 5.91 Å². The maximum atomic E-state index is 12.2. The number of hydrogen-bond acceptors (Lipinski definition) is 1. The molecule has 0 saturated heterocycles. The van der Waals surface area contributed by atoms with Crippen molar-refractivity contribution in [3.63, 3.8) is 0 Å². The van der Waals surface area contributed by atoms with Gasteiger partial charge < -0.3 is 5.73 Å². The fourth-order valence-electron chi connectivity index (χ4n) is 7.45. The molecule has 0 heterocycles. The molecular weight excluding hydrogens is 246 g/mol. The van der Waals surface area contributed by atoms with Gasteiger partial charge in [-0.1, -0.05) is 37.3 Å². The molecule has 1 amide bonds. The van der Waals surface area contributed by atoms with E-state index in [1.165, 1.54) is 18.4 Å². The molecule has 2 N–H and O–H groups in total. The minimum atomic E-state index is -0.200. The van der Waals surface area contributed by atoms with Gasteiger partial charge in [-0.05, 0) is 54.4 Å². The van der Waals surface area contributed by atoms with E-state index in [0.29, 0.717) is 10.8 Å². The van der Waals surface area contributed by atoms with Crippen molar-refractivity contribution in [3.05, 3.63) is 35.9 Å². The second-order valence-electron chi connectivity index (χ2n) is 8.26. The smallest absolute Gasteiger partial charge is 0.223 e. The first kappa shape index (κ1) is 11.4. The molecule has 2 nitrogen and oxygen atoms in total. The van der Waals surface area contributed by atoms with Crippen LogP contribution in [0, 0.1) is 22.2 Å². The van der Waals surface area contributed by atoms with Crippen molar-refractivity contribution in [2.75, 3.05) is 0 Å². The predicted octanol–water partition coefficient (Wildman–Crippen LogP) is 3.01. The van der Waals surface area contributed by atoms with Gasteiger partial charge >= 0.3 is 0 Å². The lowest BCUT2D eigenvalue weighted by atomic mass is 9.24. The molecule has 5 rings (SSSR count). The Labute approximate surface area is 119 Å². The van der Waals surface area contributed by atoms with Crippen LogP contribution < -0.4 is 5.73 Å². The zero-order valence-corrected chi connectivity index (χ0v) is 12.0. The maximum absolute atomic E-state index is 12.2. The molecular formula is C18H21NO. The van der Waals surface area contributed by atoms with Gasteiger partial charge in [-0.25, -0.2) is 0 Å². The fraction of sp³-hybridized carbons (Fsp3) is 0.611. The van der Waals surface area contributed by atoms with E-state index in [-0.39, 0.29) is 16.7 Å².